The second kappa shape index (κ2) is 9.78. The molecular formula is C27H33N3O4. The number of rotatable bonds is 6. The molecule has 2 aromatic carbocycles. The minimum Gasteiger partial charge on any atom is -0.478 e. The molecule has 3 aliphatic heterocycles. The monoisotopic (exact) mass is 463 g/mol. The lowest BCUT2D eigenvalue weighted by Gasteiger charge is -2.31. The third-order valence-corrected chi connectivity index (χ3v) is 6.75. The molecule has 0 spiro atoms. The molecular weight excluding hydrogens is 430 g/mol. The van der Waals surface area contributed by atoms with E-state index in [1.165, 1.54) is 0 Å². The summed E-state index contributed by atoms with van der Waals surface area (Å²) in [6.07, 6.45) is 2.90. The number of aryl methyl sites for hydroxylation is 1. The molecule has 0 amide bonds. The number of carbonyl (C=O) groups is 1. The van der Waals surface area contributed by atoms with Crippen LogP contribution in [0.15, 0.2) is 36.1 Å². The number of hydrogen-bond donors (Lipinski definition) is 0. The lowest BCUT2D eigenvalue weighted by molar-refractivity contribution is 0.0329. The van der Waals surface area contributed by atoms with Gasteiger partial charge >= 0.3 is 0 Å². The molecule has 34 heavy (non-hydrogen) atoms. The third kappa shape index (κ3) is 4.69. The Morgan fingerprint density at radius 1 is 1.06 bits per heavy atom. The van der Waals surface area contributed by atoms with E-state index >= 15 is 0 Å². The lowest BCUT2D eigenvalue weighted by Crippen LogP contribution is -2.39. The Kier molecular flexibility index (Phi) is 6.59. The van der Waals surface area contributed by atoms with Crippen molar-refractivity contribution in [3.05, 3.63) is 58.3 Å². The molecule has 0 N–H and O–H groups in total. The molecule has 2 aromatic rings. The van der Waals surface area contributed by atoms with Gasteiger partial charge in [0.1, 0.15) is 18.2 Å². The summed E-state index contributed by atoms with van der Waals surface area (Å²) in [7, 11) is 4.02. The lowest BCUT2D eigenvalue weighted by atomic mass is 9.98. The van der Waals surface area contributed by atoms with Gasteiger partial charge in [0.2, 0.25) is 5.78 Å². The summed E-state index contributed by atoms with van der Waals surface area (Å²) in [5.41, 5.74) is 4.58. The number of anilines is 1. The highest BCUT2D eigenvalue weighted by Gasteiger charge is 2.35. The van der Waals surface area contributed by atoms with E-state index in [4.69, 9.17) is 14.2 Å². The number of carbonyl (C=O) groups excluding carboxylic acids is 1. The van der Waals surface area contributed by atoms with E-state index in [1.54, 1.807) is 0 Å². The van der Waals surface area contributed by atoms with Crippen LogP contribution in [-0.4, -0.2) is 75.8 Å². The van der Waals surface area contributed by atoms with Gasteiger partial charge in [0.25, 0.3) is 0 Å². The van der Waals surface area contributed by atoms with Crippen molar-refractivity contribution < 1.29 is 19.0 Å². The van der Waals surface area contributed by atoms with Crippen LogP contribution in [0.4, 0.5) is 5.69 Å². The normalized spacial score (nSPS) is 19.5. The topological polar surface area (TPSA) is 54.5 Å². The third-order valence-electron chi connectivity index (χ3n) is 6.75. The number of hydrogen-bond acceptors (Lipinski definition) is 7. The average Bonchev–Trinajstić information content (AvgIpc) is 3.17. The quantitative estimate of drug-likeness (QED) is 0.608. The van der Waals surface area contributed by atoms with E-state index in [-0.39, 0.29) is 5.78 Å². The molecule has 0 saturated carbocycles. The van der Waals surface area contributed by atoms with E-state index in [1.807, 2.05) is 62.3 Å². The van der Waals surface area contributed by atoms with Gasteiger partial charge in [-0.3, -0.25) is 14.6 Å². The van der Waals surface area contributed by atoms with Gasteiger partial charge in [0, 0.05) is 46.0 Å². The highest BCUT2D eigenvalue weighted by atomic mass is 16.5. The van der Waals surface area contributed by atoms with E-state index in [0.717, 1.165) is 80.5 Å². The molecule has 7 nitrogen and oxygen atoms in total. The summed E-state index contributed by atoms with van der Waals surface area (Å²) in [5, 5.41) is 0. The Morgan fingerprint density at radius 2 is 1.79 bits per heavy atom. The van der Waals surface area contributed by atoms with Gasteiger partial charge in [-0.1, -0.05) is 12.1 Å². The molecule has 3 heterocycles. The maximum Gasteiger partial charge on any atom is 0.232 e. The zero-order valence-corrected chi connectivity index (χ0v) is 20.3. The number of ether oxygens (including phenoxy) is 3. The summed E-state index contributed by atoms with van der Waals surface area (Å²) in [6, 6.07) is 10.1. The maximum atomic E-state index is 13.2. The van der Waals surface area contributed by atoms with Crippen molar-refractivity contribution in [2.24, 2.45) is 0 Å². The smallest absolute Gasteiger partial charge is 0.232 e. The van der Waals surface area contributed by atoms with Gasteiger partial charge in [-0.15, -0.1) is 0 Å². The zero-order chi connectivity index (χ0) is 23.7. The summed E-state index contributed by atoms with van der Waals surface area (Å²) < 4.78 is 17.7. The Morgan fingerprint density at radius 3 is 2.53 bits per heavy atom. The van der Waals surface area contributed by atoms with Crippen LogP contribution in [0.2, 0.25) is 0 Å². The number of allylic oxidation sites excluding steroid dienone is 1. The van der Waals surface area contributed by atoms with Crippen LogP contribution in [0.5, 0.6) is 11.5 Å². The van der Waals surface area contributed by atoms with E-state index in [2.05, 4.69) is 9.80 Å². The standard InChI is InChI=1S/C27H33N3O4/c1-19-15-23-22(17-30(18-33-23)10-4-9-29-11-13-32-14-12-29)27-25(19)26(31)24(34-27)16-20-5-7-21(8-6-20)28(2)3/h5-8,15-16H,4,9-14,17-18H2,1-3H3/b24-16-. The molecule has 1 fully saturated rings. The van der Waals surface area contributed by atoms with Gasteiger partial charge < -0.3 is 19.1 Å². The van der Waals surface area contributed by atoms with E-state index < -0.39 is 0 Å². The van der Waals surface area contributed by atoms with Crippen molar-refractivity contribution in [3.63, 3.8) is 0 Å². The fourth-order valence-corrected chi connectivity index (χ4v) is 4.78. The Hall–Kier alpha value is -2.87. The first-order valence-corrected chi connectivity index (χ1v) is 12.0. The van der Waals surface area contributed by atoms with Crippen LogP contribution < -0.4 is 14.4 Å². The van der Waals surface area contributed by atoms with Crippen LogP contribution in [0.25, 0.3) is 6.08 Å². The SMILES string of the molecule is Cc1cc2c(c3c1C(=O)/C(=C/c1ccc(N(C)C)cc1)O3)CN(CCCN1CCOCC1)CO2. The van der Waals surface area contributed by atoms with Crippen molar-refractivity contribution >= 4 is 17.5 Å². The summed E-state index contributed by atoms with van der Waals surface area (Å²) in [5.74, 6) is 1.80. The molecule has 7 heteroatoms. The van der Waals surface area contributed by atoms with Crippen LogP contribution >= 0.6 is 0 Å². The van der Waals surface area contributed by atoms with Crippen molar-refractivity contribution in [1.82, 2.24) is 9.80 Å². The van der Waals surface area contributed by atoms with Crippen molar-refractivity contribution in [3.8, 4) is 11.5 Å². The zero-order valence-electron chi connectivity index (χ0n) is 20.3. The summed E-state index contributed by atoms with van der Waals surface area (Å²) >= 11 is 0. The molecule has 0 aliphatic carbocycles. The van der Waals surface area contributed by atoms with Gasteiger partial charge in [0.05, 0.1) is 24.3 Å². The van der Waals surface area contributed by atoms with Crippen LogP contribution in [0.1, 0.15) is 33.5 Å². The highest BCUT2D eigenvalue weighted by Crippen LogP contribution is 2.44. The van der Waals surface area contributed by atoms with Crippen molar-refractivity contribution in [1.29, 1.82) is 0 Å². The molecule has 0 atom stereocenters. The van der Waals surface area contributed by atoms with Gasteiger partial charge in [-0.2, -0.15) is 0 Å². The molecule has 1 saturated heterocycles. The number of ketones is 1. The number of benzene rings is 2. The first-order chi connectivity index (χ1) is 16.5. The predicted molar refractivity (Wildman–Crippen MR) is 133 cm³/mol. The number of Topliss-reactive ketones (excluding diaryl/α,β-unsaturated/α-hetero) is 1. The van der Waals surface area contributed by atoms with Gasteiger partial charge in [0.15, 0.2) is 5.76 Å². The highest BCUT2D eigenvalue weighted by molar-refractivity contribution is 6.15. The summed E-state index contributed by atoms with van der Waals surface area (Å²) in [6.45, 7) is 8.90. The second-order valence-corrected chi connectivity index (χ2v) is 9.43. The molecule has 0 bridgehead atoms. The minimum atomic E-state index is -0.0589. The van der Waals surface area contributed by atoms with Gasteiger partial charge in [-0.05, 0) is 55.3 Å². The van der Waals surface area contributed by atoms with E-state index in [9.17, 15) is 4.79 Å². The Balaban J connectivity index is 1.31. The molecule has 0 unspecified atom stereocenters. The summed E-state index contributed by atoms with van der Waals surface area (Å²) in [4.78, 5) is 20.0. The predicted octanol–water partition coefficient (Wildman–Crippen LogP) is 3.55. The number of fused-ring (bicyclic) bond motifs is 3. The first kappa shape index (κ1) is 22.9. The van der Waals surface area contributed by atoms with Crippen molar-refractivity contribution in [2.45, 2.75) is 19.9 Å². The minimum absolute atomic E-state index is 0.0589. The Bertz CT molecular complexity index is 1090. The molecule has 5 rings (SSSR count). The van der Waals surface area contributed by atoms with Crippen LogP contribution in [0, 0.1) is 6.92 Å². The number of morpholine rings is 1. The van der Waals surface area contributed by atoms with Gasteiger partial charge in [-0.25, -0.2) is 0 Å². The fraction of sp³-hybridized carbons (Fsp3) is 0.444. The molecule has 0 aromatic heterocycles. The molecule has 3 aliphatic rings. The number of nitrogens with zero attached hydrogens (tertiary/aromatic N) is 3. The van der Waals surface area contributed by atoms with E-state index in [0.29, 0.717) is 23.8 Å². The first-order valence-electron chi connectivity index (χ1n) is 12.0. The molecule has 0 radical (unpaired) electrons. The van der Waals surface area contributed by atoms with Crippen LogP contribution in [-0.2, 0) is 11.3 Å². The molecule has 180 valence electrons. The fourth-order valence-electron chi connectivity index (χ4n) is 4.78. The average molecular weight is 464 g/mol. The largest absolute Gasteiger partial charge is 0.478 e. The Labute approximate surface area is 201 Å². The second-order valence-electron chi connectivity index (χ2n) is 9.43. The van der Waals surface area contributed by atoms with Crippen molar-refractivity contribution in [2.75, 3.05) is 65.1 Å². The van der Waals surface area contributed by atoms with Crippen LogP contribution in [0.3, 0.4) is 0 Å². The maximum absolute atomic E-state index is 13.2.